The highest BCUT2D eigenvalue weighted by Crippen LogP contribution is 2.34. The van der Waals surface area contributed by atoms with E-state index in [0.717, 1.165) is 37.7 Å². The Bertz CT molecular complexity index is 1120. The van der Waals surface area contributed by atoms with Crippen LogP contribution in [0.15, 0.2) is 36.4 Å². The monoisotopic (exact) mass is 574 g/mol. The first kappa shape index (κ1) is 31.4. The largest absolute Gasteiger partial charge is 0.493 e. The van der Waals surface area contributed by atoms with Gasteiger partial charge in [-0.15, -0.1) is 11.6 Å². The summed E-state index contributed by atoms with van der Waals surface area (Å²) >= 11 is 6.10. The maximum Gasteiger partial charge on any atom is 0.247 e. The van der Waals surface area contributed by atoms with Gasteiger partial charge in [0.2, 0.25) is 11.8 Å². The normalized spacial score (nSPS) is 17.4. The van der Waals surface area contributed by atoms with Crippen LogP contribution in [0.2, 0.25) is 0 Å². The van der Waals surface area contributed by atoms with Crippen molar-refractivity contribution in [2.45, 2.75) is 64.5 Å². The second kappa shape index (κ2) is 15.6. The Labute approximate surface area is 243 Å². The molecule has 0 aliphatic heterocycles. The molecule has 1 saturated carbocycles. The summed E-state index contributed by atoms with van der Waals surface area (Å²) in [6.45, 7) is 5.09. The molecule has 0 saturated heterocycles. The smallest absolute Gasteiger partial charge is 0.247 e. The van der Waals surface area contributed by atoms with E-state index < -0.39 is 6.04 Å². The Hall–Kier alpha value is -3.13. The molecule has 1 atom stereocenters. The molecule has 2 amide bonds. The molecule has 2 aromatic carbocycles. The summed E-state index contributed by atoms with van der Waals surface area (Å²) in [7, 11) is 4.73. The fraction of sp³-hybridized carbons (Fsp3) is 0.548. The Kier molecular flexibility index (Phi) is 12.2. The van der Waals surface area contributed by atoms with Gasteiger partial charge in [0.25, 0.3) is 0 Å². The average molecular weight is 575 g/mol. The molecule has 0 aromatic heterocycles. The van der Waals surface area contributed by atoms with Crippen LogP contribution < -0.4 is 24.3 Å². The molecule has 3 rings (SSSR count). The van der Waals surface area contributed by atoms with Crippen molar-refractivity contribution in [1.82, 2.24) is 10.2 Å². The van der Waals surface area contributed by atoms with Gasteiger partial charge in [-0.2, -0.15) is 0 Å². The second-order valence-corrected chi connectivity index (χ2v) is 10.6. The van der Waals surface area contributed by atoms with Crippen LogP contribution in [0.25, 0.3) is 0 Å². The molecule has 0 bridgehead atoms. The fourth-order valence-corrected chi connectivity index (χ4v) is 5.26. The predicted octanol–water partition coefficient (Wildman–Crippen LogP) is 5.55. The van der Waals surface area contributed by atoms with E-state index in [-0.39, 0.29) is 30.3 Å². The van der Waals surface area contributed by atoms with Gasteiger partial charge in [0.15, 0.2) is 23.0 Å². The average Bonchev–Trinajstić information content (AvgIpc) is 2.98. The maximum atomic E-state index is 14.0. The van der Waals surface area contributed by atoms with Gasteiger partial charge in [0.1, 0.15) is 11.9 Å². The summed E-state index contributed by atoms with van der Waals surface area (Å²) < 4.78 is 22.2. The number of amides is 2. The van der Waals surface area contributed by atoms with E-state index in [4.69, 9.17) is 30.5 Å². The van der Waals surface area contributed by atoms with Crippen LogP contribution in [0.5, 0.6) is 23.0 Å². The Morgan fingerprint density at radius 2 is 1.60 bits per heavy atom. The van der Waals surface area contributed by atoms with Crippen molar-refractivity contribution in [2.24, 2.45) is 5.92 Å². The van der Waals surface area contributed by atoms with Crippen molar-refractivity contribution < 1.29 is 28.5 Å². The van der Waals surface area contributed by atoms with Gasteiger partial charge in [-0.1, -0.05) is 26.0 Å². The molecule has 1 aliphatic carbocycles. The molecule has 40 heavy (non-hydrogen) atoms. The maximum absolute atomic E-state index is 14.0. The number of ether oxygens (including phenoxy) is 4. The number of carbonyl (C=O) groups excluding carboxylic acids is 2. The van der Waals surface area contributed by atoms with Gasteiger partial charge >= 0.3 is 0 Å². The minimum Gasteiger partial charge on any atom is -0.493 e. The lowest BCUT2D eigenvalue weighted by Crippen LogP contribution is -2.48. The van der Waals surface area contributed by atoms with E-state index in [0.29, 0.717) is 47.5 Å². The summed E-state index contributed by atoms with van der Waals surface area (Å²) in [6.07, 6.45) is 5.31. The number of benzene rings is 2. The summed E-state index contributed by atoms with van der Waals surface area (Å²) in [5.41, 5.74) is 1.57. The van der Waals surface area contributed by atoms with Crippen LogP contribution in [-0.2, 0) is 16.0 Å². The number of hydrogen-bond donors (Lipinski definition) is 1. The number of carbonyl (C=O) groups is 2. The van der Waals surface area contributed by atoms with E-state index in [2.05, 4.69) is 12.2 Å². The molecule has 2 aromatic rings. The standard InChI is InChI=1S/C31H43ClN2O6/c1-6-17-40-26-14-10-23(19-28(26)39-5)30(31(36)33-24-11-7-21(2)8-12-24)34(29(35)20-32)16-15-22-9-13-25(37-3)27(18-22)38-4/h9-10,13-14,18-19,21,24,30H,6-8,11-12,15-17,20H2,1-5H3,(H,33,36). The minimum atomic E-state index is -0.889. The molecule has 0 spiro atoms. The third kappa shape index (κ3) is 8.19. The molecule has 1 N–H and O–H groups in total. The number of alkyl halides is 1. The lowest BCUT2D eigenvalue weighted by Gasteiger charge is -2.34. The van der Waals surface area contributed by atoms with Gasteiger partial charge in [0, 0.05) is 12.6 Å². The lowest BCUT2D eigenvalue weighted by molar-refractivity contribution is -0.139. The van der Waals surface area contributed by atoms with Crippen molar-refractivity contribution in [3.05, 3.63) is 47.5 Å². The van der Waals surface area contributed by atoms with Crippen molar-refractivity contribution >= 4 is 23.4 Å². The lowest BCUT2D eigenvalue weighted by atomic mass is 9.87. The Balaban J connectivity index is 1.95. The van der Waals surface area contributed by atoms with E-state index in [1.54, 1.807) is 38.4 Å². The van der Waals surface area contributed by atoms with Crippen LogP contribution in [-0.4, -0.2) is 63.1 Å². The van der Waals surface area contributed by atoms with E-state index in [9.17, 15) is 9.59 Å². The predicted molar refractivity (Wildman–Crippen MR) is 157 cm³/mol. The third-order valence-corrected chi connectivity index (χ3v) is 7.64. The number of rotatable bonds is 14. The molecule has 1 aliphatic rings. The van der Waals surface area contributed by atoms with Crippen LogP contribution in [0.1, 0.15) is 63.1 Å². The fourth-order valence-electron chi connectivity index (χ4n) is 5.10. The zero-order chi connectivity index (χ0) is 29.1. The third-order valence-electron chi connectivity index (χ3n) is 7.41. The van der Waals surface area contributed by atoms with Crippen molar-refractivity contribution in [3.63, 3.8) is 0 Å². The first-order valence-electron chi connectivity index (χ1n) is 14.0. The van der Waals surface area contributed by atoms with Crippen LogP contribution in [0.3, 0.4) is 0 Å². The SMILES string of the molecule is CCCOc1ccc(C(C(=O)NC2CCC(C)CC2)N(CCc2ccc(OC)c(OC)c2)C(=O)CCl)cc1OC. The Morgan fingerprint density at radius 3 is 2.23 bits per heavy atom. The van der Waals surface area contributed by atoms with Crippen LogP contribution >= 0.6 is 11.6 Å². The molecular formula is C31H43ClN2O6. The first-order chi connectivity index (χ1) is 19.3. The first-order valence-corrected chi connectivity index (χ1v) is 14.6. The summed E-state index contributed by atoms with van der Waals surface area (Å²) in [6, 6.07) is 10.2. The molecule has 1 fully saturated rings. The number of methoxy groups -OCH3 is 3. The number of hydrogen-bond acceptors (Lipinski definition) is 6. The van der Waals surface area contributed by atoms with Gasteiger partial charge in [-0.25, -0.2) is 0 Å². The van der Waals surface area contributed by atoms with E-state index >= 15 is 0 Å². The topological polar surface area (TPSA) is 86.3 Å². The molecule has 1 unspecified atom stereocenters. The molecule has 0 radical (unpaired) electrons. The van der Waals surface area contributed by atoms with Crippen LogP contribution in [0.4, 0.5) is 0 Å². The molecule has 8 nitrogen and oxygen atoms in total. The number of nitrogens with zero attached hydrogens (tertiary/aromatic N) is 1. The quantitative estimate of drug-likeness (QED) is 0.298. The van der Waals surface area contributed by atoms with Crippen LogP contribution in [0, 0.1) is 5.92 Å². The molecular weight excluding hydrogens is 532 g/mol. The van der Waals surface area contributed by atoms with Crippen molar-refractivity contribution in [3.8, 4) is 23.0 Å². The van der Waals surface area contributed by atoms with Crippen molar-refractivity contribution in [2.75, 3.05) is 40.4 Å². The van der Waals surface area contributed by atoms with Crippen molar-refractivity contribution in [1.29, 1.82) is 0 Å². The van der Waals surface area contributed by atoms with Gasteiger partial charge < -0.3 is 29.2 Å². The van der Waals surface area contributed by atoms with Gasteiger partial charge in [0.05, 0.1) is 27.9 Å². The van der Waals surface area contributed by atoms with Gasteiger partial charge in [-0.05, 0) is 79.8 Å². The zero-order valence-electron chi connectivity index (χ0n) is 24.3. The highest BCUT2D eigenvalue weighted by molar-refractivity contribution is 6.27. The molecule has 9 heteroatoms. The second-order valence-electron chi connectivity index (χ2n) is 10.3. The van der Waals surface area contributed by atoms with E-state index in [1.807, 2.05) is 31.2 Å². The minimum absolute atomic E-state index is 0.0686. The Morgan fingerprint density at radius 1 is 0.950 bits per heavy atom. The highest BCUT2D eigenvalue weighted by Gasteiger charge is 2.33. The van der Waals surface area contributed by atoms with E-state index in [1.165, 1.54) is 0 Å². The number of nitrogens with one attached hydrogen (secondary N) is 1. The summed E-state index contributed by atoms with van der Waals surface area (Å²) in [5, 5.41) is 3.23. The molecule has 0 heterocycles. The summed E-state index contributed by atoms with van der Waals surface area (Å²) in [4.78, 5) is 28.8. The van der Waals surface area contributed by atoms with Gasteiger partial charge in [-0.3, -0.25) is 9.59 Å². The highest BCUT2D eigenvalue weighted by atomic mass is 35.5. The number of halogens is 1. The summed E-state index contributed by atoms with van der Waals surface area (Å²) in [5.74, 6) is 2.17. The zero-order valence-corrected chi connectivity index (χ0v) is 25.1. The molecule has 220 valence electrons.